The minimum atomic E-state index is -0.718. The minimum Gasteiger partial charge on any atom is -0.465 e. The fourth-order valence-corrected chi connectivity index (χ4v) is 2.20. The van der Waals surface area contributed by atoms with Gasteiger partial charge in [-0.2, -0.15) is 0 Å². The predicted octanol–water partition coefficient (Wildman–Crippen LogP) is 1.88. The molecule has 106 valence electrons. The van der Waals surface area contributed by atoms with Crippen molar-refractivity contribution in [2.75, 3.05) is 13.2 Å². The van der Waals surface area contributed by atoms with Crippen molar-refractivity contribution in [1.82, 2.24) is 0 Å². The Kier molecular flexibility index (Phi) is 5.17. The minimum absolute atomic E-state index is 0.203. The van der Waals surface area contributed by atoms with E-state index >= 15 is 0 Å². The summed E-state index contributed by atoms with van der Waals surface area (Å²) in [6.07, 6.45) is 3.56. The fraction of sp³-hybridized carbons (Fsp3) is 0.929. The number of aliphatic hydroxyl groups is 2. The topological polar surface area (TPSA) is 66.8 Å². The van der Waals surface area contributed by atoms with Crippen LogP contribution in [0.3, 0.4) is 0 Å². The molecular formula is C14H26O4. The van der Waals surface area contributed by atoms with Crippen molar-refractivity contribution in [2.24, 2.45) is 11.3 Å². The zero-order valence-electron chi connectivity index (χ0n) is 11.7. The first-order chi connectivity index (χ1) is 8.27. The average molecular weight is 258 g/mol. The van der Waals surface area contributed by atoms with Crippen LogP contribution in [0.15, 0.2) is 0 Å². The van der Waals surface area contributed by atoms with Crippen LogP contribution in [0.5, 0.6) is 0 Å². The van der Waals surface area contributed by atoms with Crippen molar-refractivity contribution in [1.29, 1.82) is 0 Å². The van der Waals surface area contributed by atoms with Gasteiger partial charge in [0.25, 0.3) is 0 Å². The summed E-state index contributed by atoms with van der Waals surface area (Å²) in [4.78, 5) is 11.6. The van der Waals surface area contributed by atoms with Crippen LogP contribution in [0.25, 0.3) is 0 Å². The Bertz CT molecular complexity index is 272. The first-order valence-electron chi connectivity index (χ1n) is 6.77. The lowest BCUT2D eigenvalue weighted by Crippen LogP contribution is -2.36. The molecular weight excluding hydrogens is 232 g/mol. The zero-order valence-corrected chi connectivity index (χ0v) is 11.7. The smallest absolute Gasteiger partial charge is 0.311 e. The molecule has 18 heavy (non-hydrogen) atoms. The second-order valence-corrected chi connectivity index (χ2v) is 6.49. The van der Waals surface area contributed by atoms with Crippen LogP contribution in [-0.2, 0) is 9.53 Å². The summed E-state index contributed by atoms with van der Waals surface area (Å²) in [6, 6.07) is 0. The molecule has 0 heterocycles. The maximum absolute atomic E-state index is 11.6. The molecule has 0 aliphatic heterocycles. The molecule has 0 amide bonds. The molecule has 1 aliphatic rings. The van der Waals surface area contributed by atoms with E-state index in [-0.39, 0.29) is 19.2 Å². The van der Waals surface area contributed by atoms with Crippen LogP contribution in [0, 0.1) is 11.3 Å². The first kappa shape index (κ1) is 15.4. The van der Waals surface area contributed by atoms with Gasteiger partial charge in [-0.25, -0.2) is 0 Å². The van der Waals surface area contributed by atoms with E-state index < -0.39 is 11.0 Å². The third-order valence-electron chi connectivity index (χ3n) is 3.71. The van der Waals surface area contributed by atoms with Gasteiger partial charge in [0.2, 0.25) is 0 Å². The van der Waals surface area contributed by atoms with E-state index in [1.807, 2.05) is 20.8 Å². The van der Waals surface area contributed by atoms with Crippen molar-refractivity contribution < 1.29 is 19.7 Å². The number of carbonyl (C=O) groups is 1. The van der Waals surface area contributed by atoms with E-state index in [1.54, 1.807) is 0 Å². The third kappa shape index (κ3) is 4.58. The molecule has 2 N–H and O–H groups in total. The average Bonchev–Trinajstić information content (AvgIpc) is 2.28. The van der Waals surface area contributed by atoms with Crippen LogP contribution in [-0.4, -0.2) is 35.0 Å². The second kappa shape index (κ2) is 6.02. The maximum Gasteiger partial charge on any atom is 0.311 e. The molecule has 1 saturated carbocycles. The molecule has 0 aromatic rings. The SMILES string of the molecule is CC(C)(C)C(=O)OCCC1(O)CCC(CO)CC1. The van der Waals surface area contributed by atoms with E-state index in [4.69, 9.17) is 9.84 Å². The molecule has 0 atom stereocenters. The second-order valence-electron chi connectivity index (χ2n) is 6.49. The largest absolute Gasteiger partial charge is 0.465 e. The highest BCUT2D eigenvalue weighted by molar-refractivity contribution is 5.75. The number of hydrogen-bond acceptors (Lipinski definition) is 4. The number of ether oxygens (including phenoxy) is 1. The van der Waals surface area contributed by atoms with Gasteiger partial charge in [0, 0.05) is 13.0 Å². The first-order valence-corrected chi connectivity index (χ1v) is 6.77. The lowest BCUT2D eigenvalue weighted by Gasteiger charge is -2.35. The van der Waals surface area contributed by atoms with E-state index in [0.717, 1.165) is 12.8 Å². The molecule has 0 saturated heterocycles. The lowest BCUT2D eigenvalue weighted by atomic mass is 9.77. The number of rotatable bonds is 4. The quantitative estimate of drug-likeness (QED) is 0.756. The summed E-state index contributed by atoms with van der Waals surface area (Å²) in [6.45, 7) is 5.93. The predicted molar refractivity (Wildman–Crippen MR) is 69.0 cm³/mol. The van der Waals surface area contributed by atoms with Crippen LogP contribution in [0.2, 0.25) is 0 Å². The molecule has 0 bridgehead atoms. The Hall–Kier alpha value is -0.610. The van der Waals surface area contributed by atoms with Gasteiger partial charge in [-0.15, -0.1) is 0 Å². The highest BCUT2D eigenvalue weighted by atomic mass is 16.5. The molecule has 1 fully saturated rings. The number of hydrogen-bond donors (Lipinski definition) is 2. The van der Waals surface area contributed by atoms with Crippen molar-refractivity contribution in [3.05, 3.63) is 0 Å². The van der Waals surface area contributed by atoms with Gasteiger partial charge in [-0.05, 0) is 52.4 Å². The molecule has 4 heteroatoms. The van der Waals surface area contributed by atoms with Crippen LogP contribution in [0.1, 0.15) is 52.9 Å². The van der Waals surface area contributed by atoms with E-state index in [1.165, 1.54) is 0 Å². The van der Waals surface area contributed by atoms with Crippen LogP contribution in [0.4, 0.5) is 0 Å². The Labute approximate surface area is 109 Å². The summed E-state index contributed by atoms with van der Waals surface area (Å²) >= 11 is 0. The van der Waals surface area contributed by atoms with E-state index in [9.17, 15) is 9.90 Å². The van der Waals surface area contributed by atoms with Gasteiger partial charge in [-0.1, -0.05) is 0 Å². The monoisotopic (exact) mass is 258 g/mol. The Morgan fingerprint density at radius 2 is 1.89 bits per heavy atom. The van der Waals surface area contributed by atoms with Gasteiger partial charge in [0.1, 0.15) is 0 Å². The van der Waals surface area contributed by atoms with Gasteiger partial charge in [-0.3, -0.25) is 4.79 Å². The van der Waals surface area contributed by atoms with Crippen LogP contribution >= 0.6 is 0 Å². The van der Waals surface area contributed by atoms with E-state index in [2.05, 4.69) is 0 Å². The number of carbonyl (C=O) groups excluding carboxylic acids is 1. The zero-order chi connectivity index (χ0) is 13.8. The highest BCUT2D eigenvalue weighted by Gasteiger charge is 2.33. The Balaban J connectivity index is 2.29. The summed E-state index contributed by atoms with van der Waals surface area (Å²) in [5.41, 5.74) is -1.21. The molecule has 1 rings (SSSR count). The van der Waals surface area contributed by atoms with Crippen LogP contribution < -0.4 is 0 Å². The van der Waals surface area contributed by atoms with Crippen molar-refractivity contribution in [2.45, 2.75) is 58.5 Å². The van der Waals surface area contributed by atoms with E-state index in [0.29, 0.717) is 25.2 Å². The fourth-order valence-electron chi connectivity index (χ4n) is 2.20. The lowest BCUT2D eigenvalue weighted by molar-refractivity contribution is -0.155. The molecule has 1 aliphatic carbocycles. The van der Waals surface area contributed by atoms with Gasteiger partial charge >= 0.3 is 5.97 Å². The third-order valence-corrected chi connectivity index (χ3v) is 3.71. The normalized spacial score (nSPS) is 29.1. The molecule has 4 nitrogen and oxygen atoms in total. The molecule has 0 aromatic carbocycles. The summed E-state index contributed by atoms with van der Waals surface area (Å²) in [7, 11) is 0. The van der Waals surface area contributed by atoms with Gasteiger partial charge in [0.05, 0.1) is 17.6 Å². The number of esters is 1. The standard InChI is InChI=1S/C14H26O4/c1-13(2,3)12(16)18-9-8-14(17)6-4-11(10-15)5-7-14/h11,15,17H,4-10H2,1-3H3. The molecule has 0 aromatic heterocycles. The summed E-state index contributed by atoms with van der Waals surface area (Å²) < 4.78 is 5.18. The van der Waals surface area contributed by atoms with Crippen molar-refractivity contribution in [3.63, 3.8) is 0 Å². The molecule has 0 spiro atoms. The summed E-state index contributed by atoms with van der Waals surface area (Å²) in [5.74, 6) is 0.0949. The number of aliphatic hydroxyl groups excluding tert-OH is 1. The van der Waals surface area contributed by atoms with Gasteiger partial charge in [0.15, 0.2) is 0 Å². The summed E-state index contributed by atoms with van der Waals surface area (Å²) in [5, 5.41) is 19.4. The van der Waals surface area contributed by atoms with Crippen molar-refractivity contribution in [3.8, 4) is 0 Å². The highest BCUT2D eigenvalue weighted by Crippen LogP contribution is 2.34. The Morgan fingerprint density at radius 1 is 1.33 bits per heavy atom. The molecule has 0 unspecified atom stereocenters. The molecule has 0 radical (unpaired) electrons. The Morgan fingerprint density at radius 3 is 2.33 bits per heavy atom. The van der Waals surface area contributed by atoms with Crippen molar-refractivity contribution >= 4 is 5.97 Å². The van der Waals surface area contributed by atoms with Gasteiger partial charge < -0.3 is 14.9 Å². The maximum atomic E-state index is 11.6.